The summed E-state index contributed by atoms with van der Waals surface area (Å²) in [4.78, 5) is 0. The second kappa shape index (κ2) is 3.90. The molecule has 0 saturated carbocycles. The van der Waals surface area contributed by atoms with Crippen LogP contribution in [-0.2, 0) is 0 Å². The summed E-state index contributed by atoms with van der Waals surface area (Å²) in [6.07, 6.45) is 1.28. The van der Waals surface area contributed by atoms with E-state index >= 15 is 0 Å². The van der Waals surface area contributed by atoms with Crippen molar-refractivity contribution in [2.45, 2.75) is 27.2 Å². The lowest BCUT2D eigenvalue weighted by Gasteiger charge is -2.12. The second-order valence-electron chi connectivity index (χ2n) is 2.70. The number of hydrogen-bond donors (Lipinski definition) is 1. The minimum atomic E-state index is 0.817. The van der Waals surface area contributed by atoms with E-state index in [1.807, 2.05) is 0 Å². The summed E-state index contributed by atoms with van der Waals surface area (Å²) in [5.41, 5.74) is 3.88. The van der Waals surface area contributed by atoms with Gasteiger partial charge < -0.3 is 5.73 Å². The van der Waals surface area contributed by atoms with Crippen LogP contribution in [0.2, 0.25) is 0 Å². The van der Waals surface area contributed by atoms with Crippen molar-refractivity contribution in [1.82, 2.24) is 0 Å². The van der Waals surface area contributed by atoms with E-state index in [1.54, 1.807) is 0 Å². The highest BCUT2D eigenvalue weighted by Gasteiger charge is 2.08. The van der Waals surface area contributed by atoms with E-state index in [0.29, 0.717) is 0 Å². The van der Waals surface area contributed by atoms with E-state index in [0.717, 1.165) is 18.4 Å². The van der Waals surface area contributed by atoms with Crippen LogP contribution in [-0.4, -0.2) is 6.54 Å². The minimum absolute atomic E-state index is 0.817. The van der Waals surface area contributed by atoms with Crippen LogP contribution >= 0.6 is 0 Å². The standard InChI is InChI=1S/C7H17N/c1-4-7(5-8)6(2)3/h6-7H,4-5,8H2,1-3H3/p+1. The molecule has 0 aromatic heterocycles. The van der Waals surface area contributed by atoms with Crippen molar-refractivity contribution in [2.24, 2.45) is 11.8 Å². The van der Waals surface area contributed by atoms with Gasteiger partial charge >= 0.3 is 0 Å². The van der Waals surface area contributed by atoms with Crippen molar-refractivity contribution in [3.05, 3.63) is 0 Å². The van der Waals surface area contributed by atoms with Crippen molar-refractivity contribution in [3.8, 4) is 0 Å². The van der Waals surface area contributed by atoms with Crippen LogP contribution in [0.3, 0.4) is 0 Å². The van der Waals surface area contributed by atoms with Crippen LogP contribution < -0.4 is 5.73 Å². The van der Waals surface area contributed by atoms with E-state index in [1.165, 1.54) is 6.42 Å². The van der Waals surface area contributed by atoms with Gasteiger partial charge in [-0.05, 0) is 12.3 Å². The molecule has 0 aromatic rings. The Bertz CT molecular complexity index is 46.3. The van der Waals surface area contributed by atoms with Gasteiger partial charge in [0, 0.05) is 5.92 Å². The highest BCUT2D eigenvalue weighted by atomic mass is 14.5. The van der Waals surface area contributed by atoms with Crippen LogP contribution in [0.15, 0.2) is 0 Å². The highest BCUT2D eigenvalue weighted by molar-refractivity contribution is 4.57. The first-order valence-electron chi connectivity index (χ1n) is 3.51. The van der Waals surface area contributed by atoms with Crippen molar-refractivity contribution in [3.63, 3.8) is 0 Å². The third kappa shape index (κ3) is 2.31. The molecule has 8 heavy (non-hydrogen) atoms. The molecule has 0 aliphatic heterocycles. The van der Waals surface area contributed by atoms with E-state index in [9.17, 15) is 0 Å². The van der Waals surface area contributed by atoms with E-state index < -0.39 is 0 Å². The second-order valence-corrected chi connectivity index (χ2v) is 2.70. The summed E-state index contributed by atoms with van der Waals surface area (Å²) in [5.74, 6) is 1.66. The summed E-state index contributed by atoms with van der Waals surface area (Å²) in [7, 11) is 0. The topological polar surface area (TPSA) is 27.6 Å². The molecule has 1 heteroatoms. The molecule has 1 atom stereocenters. The molecule has 0 spiro atoms. The van der Waals surface area contributed by atoms with Crippen LogP contribution in [0.4, 0.5) is 0 Å². The molecule has 0 aromatic carbocycles. The van der Waals surface area contributed by atoms with Crippen molar-refractivity contribution >= 4 is 0 Å². The normalized spacial score (nSPS) is 14.6. The molecule has 0 saturated heterocycles. The van der Waals surface area contributed by atoms with Gasteiger partial charge in [-0.3, -0.25) is 0 Å². The van der Waals surface area contributed by atoms with Crippen LogP contribution in [0.1, 0.15) is 27.2 Å². The summed E-state index contributed by atoms with van der Waals surface area (Å²) in [6, 6.07) is 0. The predicted octanol–water partition coefficient (Wildman–Crippen LogP) is 0.910. The zero-order chi connectivity index (χ0) is 6.57. The maximum absolute atomic E-state index is 3.88. The quantitative estimate of drug-likeness (QED) is 0.567. The first-order valence-corrected chi connectivity index (χ1v) is 3.51. The molecule has 3 N–H and O–H groups in total. The summed E-state index contributed by atoms with van der Waals surface area (Å²) in [5, 5.41) is 0. The van der Waals surface area contributed by atoms with Crippen molar-refractivity contribution in [1.29, 1.82) is 0 Å². The zero-order valence-electron chi connectivity index (χ0n) is 6.28. The van der Waals surface area contributed by atoms with Gasteiger partial charge in [0.1, 0.15) is 0 Å². The van der Waals surface area contributed by atoms with Crippen molar-refractivity contribution in [2.75, 3.05) is 6.54 Å². The fourth-order valence-corrected chi connectivity index (χ4v) is 1.01. The molecule has 0 fully saturated rings. The Morgan fingerprint density at radius 2 is 1.88 bits per heavy atom. The van der Waals surface area contributed by atoms with Gasteiger partial charge in [-0.15, -0.1) is 0 Å². The fourth-order valence-electron chi connectivity index (χ4n) is 1.01. The Balaban J connectivity index is 3.35. The van der Waals surface area contributed by atoms with Gasteiger partial charge in [0.15, 0.2) is 0 Å². The number of hydrogen-bond acceptors (Lipinski definition) is 0. The van der Waals surface area contributed by atoms with Crippen molar-refractivity contribution < 1.29 is 5.73 Å². The maximum Gasteiger partial charge on any atom is 0.0770 e. The molecule has 1 unspecified atom stereocenters. The molecular weight excluding hydrogens is 98.1 g/mol. The lowest BCUT2D eigenvalue weighted by molar-refractivity contribution is -0.381. The van der Waals surface area contributed by atoms with E-state index in [2.05, 4.69) is 26.5 Å². The maximum atomic E-state index is 3.88. The van der Waals surface area contributed by atoms with E-state index in [4.69, 9.17) is 0 Å². The largest absolute Gasteiger partial charge is 0.357 e. The van der Waals surface area contributed by atoms with Gasteiger partial charge in [-0.2, -0.15) is 0 Å². The molecule has 0 aliphatic rings. The Morgan fingerprint density at radius 3 is 1.88 bits per heavy atom. The average Bonchev–Trinajstić information content (AvgIpc) is 1.69. The van der Waals surface area contributed by atoms with Gasteiger partial charge in [0.2, 0.25) is 0 Å². The van der Waals surface area contributed by atoms with E-state index in [-0.39, 0.29) is 0 Å². The average molecular weight is 116 g/mol. The van der Waals surface area contributed by atoms with Crippen LogP contribution in [0.5, 0.6) is 0 Å². The fraction of sp³-hybridized carbons (Fsp3) is 1.00. The van der Waals surface area contributed by atoms with Crippen LogP contribution in [0, 0.1) is 11.8 Å². The predicted molar refractivity (Wildman–Crippen MR) is 36.4 cm³/mol. The molecule has 1 nitrogen and oxygen atoms in total. The Hall–Kier alpha value is -0.0400. The van der Waals surface area contributed by atoms with Gasteiger partial charge in [-0.1, -0.05) is 20.8 Å². The molecule has 0 amide bonds. The third-order valence-corrected chi connectivity index (χ3v) is 1.84. The Kier molecular flexibility index (Phi) is 3.88. The Labute approximate surface area is 52.3 Å². The van der Waals surface area contributed by atoms with Gasteiger partial charge in [0.05, 0.1) is 6.54 Å². The monoisotopic (exact) mass is 116 g/mol. The lowest BCUT2D eigenvalue weighted by atomic mass is 9.94. The molecule has 0 aliphatic carbocycles. The first kappa shape index (κ1) is 7.96. The number of quaternary nitrogens is 1. The highest BCUT2D eigenvalue weighted by Crippen LogP contribution is 2.11. The summed E-state index contributed by atoms with van der Waals surface area (Å²) >= 11 is 0. The zero-order valence-corrected chi connectivity index (χ0v) is 6.28. The Morgan fingerprint density at radius 1 is 1.38 bits per heavy atom. The molecule has 0 radical (unpaired) electrons. The molecule has 0 bridgehead atoms. The SMILES string of the molecule is CCC(C[NH3+])C(C)C. The molecular formula is C7H18N+. The number of rotatable bonds is 3. The molecule has 0 rings (SSSR count). The first-order chi connectivity index (χ1) is 3.72. The van der Waals surface area contributed by atoms with Gasteiger partial charge in [-0.25, -0.2) is 0 Å². The molecule has 0 heterocycles. The molecule has 50 valence electrons. The minimum Gasteiger partial charge on any atom is -0.357 e. The summed E-state index contributed by atoms with van der Waals surface area (Å²) < 4.78 is 0. The van der Waals surface area contributed by atoms with Crippen LogP contribution in [0.25, 0.3) is 0 Å². The van der Waals surface area contributed by atoms with Gasteiger partial charge in [0.25, 0.3) is 0 Å². The third-order valence-electron chi connectivity index (χ3n) is 1.84. The lowest BCUT2D eigenvalue weighted by Crippen LogP contribution is -2.54. The summed E-state index contributed by atoms with van der Waals surface area (Å²) in [6.45, 7) is 7.85. The smallest absolute Gasteiger partial charge is 0.0770 e.